The van der Waals surface area contributed by atoms with E-state index in [0.29, 0.717) is 0 Å². The molecule has 0 radical (unpaired) electrons. The molecule has 0 heterocycles. The number of rotatable bonds is 2. The van der Waals surface area contributed by atoms with Gasteiger partial charge in [-0.05, 0) is 0 Å². The molecule has 0 aliphatic carbocycles. The Labute approximate surface area is 101 Å². The summed E-state index contributed by atoms with van der Waals surface area (Å²) in [7, 11) is 2.73. The molecular weight excluding hydrogens is 193 g/mol. The van der Waals surface area contributed by atoms with Crippen LogP contribution in [0.1, 0.15) is 2.85 Å². The quantitative estimate of drug-likeness (QED) is 0.418. The SMILES string of the molecule is CO[AsH](=O)OC.[H-].[H-].[Na+].[Na+]. The Balaban J connectivity index is -0.0000000208. The third kappa shape index (κ3) is 11.1. The van der Waals surface area contributed by atoms with E-state index in [9.17, 15) is 3.74 Å². The predicted octanol–water partition coefficient (Wildman–Crippen LogP) is -6.34. The Hall–Kier alpha value is 2.28. The molecule has 8 heavy (non-hydrogen) atoms. The van der Waals surface area contributed by atoms with Crippen LogP contribution in [0.5, 0.6) is 0 Å². The van der Waals surface area contributed by atoms with Crippen molar-refractivity contribution >= 4 is 15.3 Å². The summed E-state index contributed by atoms with van der Waals surface area (Å²) in [5.74, 6) is 0. The van der Waals surface area contributed by atoms with Crippen LogP contribution in [0.15, 0.2) is 0 Å². The van der Waals surface area contributed by atoms with Crippen LogP contribution in [0.2, 0.25) is 0 Å². The van der Waals surface area contributed by atoms with Crippen LogP contribution in [-0.2, 0) is 11.2 Å². The second-order valence-electron chi connectivity index (χ2n) is 0.658. The van der Waals surface area contributed by atoms with Crippen LogP contribution in [0.3, 0.4) is 0 Å². The van der Waals surface area contributed by atoms with Gasteiger partial charge in [-0.15, -0.1) is 0 Å². The summed E-state index contributed by atoms with van der Waals surface area (Å²) in [6.45, 7) is 0. The Bertz CT molecular complexity index is 60.5. The Morgan fingerprint density at radius 3 is 1.50 bits per heavy atom. The molecular formula is C2H9AsNa2O3. The van der Waals surface area contributed by atoms with Gasteiger partial charge in [0.25, 0.3) is 0 Å². The van der Waals surface area contributed by atoms with Gasteiger partial charge in [0.1, 0.15) is 0 Å². The van der Waals surface area contributed by atoms with Crippen LogP contribution in [0.4, 0.5) is 0 Å². The molecule has 6 heteroatoms. The maximum atomic E-state index is 9.99. The van der Waals surface area contributed by atoms with E-state index in [2.05, 4.69) is 7.45 Å². The zero-order valence-electron chi connectivity index (χ0n) is 7.72. The van der Waals surface area contributed by atoms with E-state index in [-0.39, 0.29) is 62.0 Å². The minimum Gasteiger partial charge on any atom is -1.00 e. The minimum absolute atomic E-state index is 0. The zero-order valence-corrected chi connectivity index (χ0v) is 11.8. The fraction of sp³-hybridized carbons (Fsp3) is 1.00. The predicted molar refractivity (Wildman–Crippen MR) is 24.1 cm³/mol. The maximum Gasteiger partial charge on any atom is 1.00 e. The summed E-state index contributed by atoms with van der Waals surface area (Å²) in [5.41, 5.74) is 0. The van der Waals surface area contributed by atoms with Gasteiger partial charge in [-0.3, -0.25) is 0 Å². The van der Waals surface area contributed by atoms with E-state index in [1.165, 1.54) is 14.2 Å². The van der Waals surface area contributed by atoms with Gasteiger partial charge in [0.15, 0.2) is 0 Å². The van der Waals surface area contributed by atoms with Crippen molar-refractivity contribution in [2.24, 2.45) is 0 Å². The van der Waals surface area contributed by atoms with Crippen molar-refractivity contribution in [2.45, 2.75) is 0 Å². The third-order valence-corrected chi connectivity index (χ3v) is 1.73. The van der Waals surface area contributed by atoms with Crippen LogP contribution in [0.25, 0.3) is 0 Å². The molecule has 42 valence electrons. The normalized spacial score (nSPS) is 7.38. The van der Waals surface area contributed by atoms with Crippen molar-refractivity contribution in [3.05, 3.63) is 0 Å². The summed E-state index contributed by atoms with van der Waals surface area (Å²) in [5, 5.41) is 0. The third-order valence-electron chi connectivity index (χ3n) is 0.333. The van der Waals surface area contributed by atoms with Crippen molar-refractivity contribution in [3.63, 3.8) is 0 Å². The van der Waals surface area contributed by atoms with Gasteiger partial charge >= 0.3 is 99.8 Å². The van der Waals surface area contributed by atoms with E-state index in [1.807, 2.05) is 0 Å². The number of hydrogen-bond donors (Lipinski definition) is 0. The molecule has 0 aliphatic rings. The Kier molecular flexibility index (Phi) is 25.1. The van der Waals surface area contributed by atoms with Crippen molar-refractivity contribution < 1.29 is 73.2 Å². The molecule has 0 spiro atoms. The minimum atomic E-state index is -2.63. The van der Waals surface area contributed by atoms with Crippen LogP contribution >= 0.6 is 0 Å². The Morgan fingerprint density at radius 2 is 1.50 bits per heavy atom. The first-order chi connectivity index (χ1) is 2.81. The number of hydrogen-bond acceptors (Lipinski definition) is 3. The fourth-order valence-electron chi connectivity index (χ4n) is 0.0833. The van der Waals surface area contributed by atoms with Gasteiger partial charge in [0.05, 0.1) is 0 Å². The summed E-state index contributed by atoms with van der Waals surface area (Å²) >= 11 is -2.63. The molecule has 0 saturated carbocycles. The molecule has 0 aliphatic heterocycles. The van der Waals surface area contributed by atoms with Crippen LogP contribution < -0.4 is 59.1 Å². The standard InChI is InChI=1S/C2H7AsO3.2Na.2H/c1-5-3(4)6-2;;;;/h3H,1-2H3;;;;/q;2*+1;2*-1. The van der Waals surface area contributed by atoms with Crippen molar-refractivity contribution in [2.75, 3.05) is 14.2 Å². The first kappa shape index (κ1) is 16.7. The van der Waals surface area contributed by atoms with Crippen molar-refractivity contribution in [1.29, 1.82) is 0 Å². The molecule has 0 rings (SSSR count). The molecule has 0 fully saturated rings. The summed E-state index contributed by atoms with van der Waals surface area (Å²) in [4.78, 5) is 0. The molecule has 0 aromatic heterocycles. The summed E-state index contributed by atoms with van der Waals surface area (Å²) in [6.07, 6.45) is 0. The van der Waals surface area contributed by atoms with E-state index in [1.54, 1.807) is 0 Å². The maximum absolute atomic E-state index is 9.99. The summed E-state index contributed by atoms with van der Waals surface area (Å²) in [6, 6.07) is 0. The molecule has 0 bridgehead atoms. The molecule has 0 amide bonds. The van der Waals surface area contributed by atoms with E-state index >= 15 is 0 Å². The van der Waals surface area contributed by atoms with E-state index < -0.39 is 15.3 Å². The van der Waals surface area contributed by atoms with Gasteiger partial charge in [-0.25, -0.2) is 0 Å². The average Bonchev–Trinajstić information content (AvgIpc) is 1.65. The second-order valence-corrected chi connectivity index (χ2v) is 3.42. The molecule has 0 saturated heterocycles. The molecule has 0 aromatic rings. The van der Waals surface area contributed by atoms with Gasteiger partial charge in [-0.1, -0.05) is 0 Å². The molecule has 0 aromatic carbocycles. The van der Waals surface area contributed by atoms with E-state index in [4.69, 9.17) is 0 Å². The topological polar surface area (TPSA) is 35.5 Å². The van der Waals surface area contributed by atoms with Gasteiger partial charge in [0.2, 0.25) is 0 Å². The second kappa shape index (κ2) is 12.0. The first-order valence-electron chi connectivity index (χ1n) is 1.43. The molecule has 3 nitrogen and oxygen atoms in total. The average molecular weight is 202 g/mol. The largest absolute Gasteiger partial charge is 1.00 e. The zero-order chi connectivity index (χ0) is 4.99. The van der Waals surface area contributed by atoms with E-state index in [0.717, 1.165) is 0 Å². The molecule has 0 atom stereocenters. The van der Waals surface area contributed by atoms with Crippen LogP contribution in [0, 0.1) is 0 Å². The summed E-state index contributed by atoms with van der Waals surface area (Å²) < 4.78 is 18.6. The van der Waals surface area contributed by atoms with Crippen LogP contribution in [-0.4, -0.2) is 29.5 Å². The Morgan fingerprint density at radius 1 is 1.25 bits per heavy atom. The smallest absolute Gasteiger partial charge is 1.00 e. The van der Waals surface area contributed by atoms with Crippen molar-refractivity contribution in [1.82, 2.24) is 0 Å². The molecule has 0 N–H and O–H groups in total. The van der Waals surface area contributed by atoms with Gasteiger partial charge in [0, 0.05) is 0 Å². The molecule has 0 unspecified atom stereocenters. The monoisotopic (exact) mass is 202 g/mol. The first-order valence-corrected chi connectivity index (χ1v) is 4.00. The fourth-order valence-corrected chi connectivity index (χ4v) is 0.433. The van der Waals surface area contributed by atoms with Gasteiger partial charge < -0.3 is 2.85 Å². The van der Waals surface area contributed by atoms with Crippen molar-refractivity contribution in [3.8, 4) is 0 Å². The van der Waals surface area contributed by atoms with Gasteiger partial charge in [-0.2, -0.15) is 0 Å².